The van der Waals surface area contributed by atoms with Crippen molar-refractivity contribution in [2.45, 2.75) is 12.7 Å². The van der Waals surface area contributed by atoms with Gasteiger partial charge in [0.25, 0.3) is 5.91 Å². The van der Waals surface area contributed by atoms with Crippen molar-refractivity contribution in [2.75, 3.05) is 23.4 Å². The van der Waals surface area contributed by atoms with E-state index in [1.807, 2.05) is 0 Å². The molecule has 1 aliphatic heterocycles. The number of alkyl halides is 3. The van der Waals surface area contributed by atoms with E-state index in [1.54, 1.807) is 12.1 Å². The highest BCUT2D eigenvalue weighted by molar-refractivity contribution is 6.15. The second-order valence-corrected chi connectivity index (χ2v) is 6.66. The maximum atomic E-state index is 13.1. The summed E-state index contributed by atoms with van der Waals surface area (Å²) in [7, 11) is 1.37. The molecule has 6 nitrogen and oxygen atoms in total. The molecule has 1 heterocycles. The molecule has 30 heavy (non-hydrogen) atoms. The lowest BCUT2D eigenvalue weighted by Crippen LogP contribution is -2.46. The van der Waals surface area contributed by atoms with Crippen molar-refractivity contribution in [3.8, 4) is 0 Å². The zero-order valence-corrected chi connectivity index (χ0v) is 16.0. The minimum atomic E-state index is -4.57. The van der Waals surface area contributed by atoms with E-state index in [1.165, 1.54) is 25.2 Å². The molecule has 0 aromatic heterocycles. The van der Waals surface area contributed by atoms with Crippen LogP contribution in [0.4, 0.5) is 24.5 Å². The second-order valence-electron chi connectivity index (χ2n) is 6.66. The van der Waals surface area contributed by atoms with E-state index < -0.39 is 23.6 Å². The van der Waals surface area contributed by atoms with Gasteiger partial charge in [-0.1, -0.05) is 18.7 Å². The highest BCUT2D eigenvalue weighted by Crippen LogP contribution is 2.39. The van der Waals surface area contributed by atoms with Gasteiger partial charge in [-0.05, 0) is 42.0 Å². The Morgan fingerprint density at radius 1 is 1.13 bits per heavy atom. The number of hydrogen-bond acceptors (Lipinski definition) is 3. The van der Waals surface area contributed by atoms with Gasteiger partial charge in [0.1, 0.15) is 6.54 Å². The summed E-state index contributed by atoms with van der Waals surface area (Å²) in [6, 6.07) is 9.28. The highest BCUT2D eigenvalue weighted by Gasteiger charge is 2.36. The van der Waals surface area contributed by atoms with E-state index >= 15 is 0 Å². The van der Waals surface area contributed by atoms with Crippen molar-refractivity contribution in [3.05, 3.63) is 71.8 Å². The predicted octanol–water partition coefficient (Wildman–Crippen LogP) is 3.13. The zero-order chi connectivity index (χ0) is 22.1. The first-order chi connectivity index (χ1) is 14.1. The summed E-state index contributed by atoms with van der Waals surface area (Å²) < 4.78 is 39.2. The van der Waals surface area contributed by atoms with Crippen molar-refractivity contribution >= 4 is 29.1 Å². The fourth-order valence-electron chi connectivity index (χ4n) is 3.02. The number of rotatable bonds is 4. The topological polar surface area (TPSA) is 69.7 Å². The normalized spacial score (nSPS) is 13.7. The Morgan fingerprint density at radius 3 is 2.40 bits per heavy atom. The van der Waals surface area contributed by atoms with Crippen LogP contribution in [-0.4, -0.2) is 31.3 Å². The lowest BCUT2D eigenvalue weighted by Gasteiger charge is -2.34. The number of benzene rings is 2. The van der Waals surface area contributed by atoms with Crippen LogP contribution in [0.5, 0.6) is 0 Å². The fraction of sp³-hybridized carbons (Fsp3) is 0.190. The standard InChI is InChI=1S/C21H18F3N3O3/c1-3-18(28)25-11-13-4-6-14(7-5-13)20(30)27-12-19(29)26(2)17-10-15(21(22,23)24)8-9-16(17)27/h3-10H,1,11-12H2,2H3,(H,25,28). The second kappa shape index (κ2) is 8.02. The van der Waals surface area contributed by atoms with Gasteiger partial charge >= 0.3 is 6.18 Å². The van der Waals surface area contributed by atoms with Gasteiger partial charge in [0.15, 0.2) is 0 Å². The van der Waals surface area contributed by atoms with E-state index in [0.29, 0.717) is 0 Å². The number of likely N-dealkylation sites (N-methyl/N-ethyl adjacent to an activating group) is 1. The molecule has 0 radical (unpaired) electrons. The minimum Gasteiger partial charge on any atom is -0.348 e. The van der Waals surface area contributed by atoms with E-state index in [0.717, 1.165) is 33.6 Å². The maximum Gasteiger partial charge on any atom is 0.416 e. The van der Waals surface area contributed by atoms with Crippen LogP contribution < -0.4 is 15.1 Å². The number of amides is 3. The van der Waals surface area contributed by atoms with Gasteiger partial charge in [-0.15, -0.1) is 0 Å². The Bertz CT molecular complexity index is 1020. The molecule has 3 rings (SSSR count). The van der Waals surface area contributed by atoms with Crippen molar-refractivity contribution in [3.63, 3.8) is 0 Å². The molecule has 156 valence electrons. The van der Waals surface area contributed by atoms with Gasteiger partial charge in [0.05, 0.1) is 16.9 Å². The highest BCUT2D eigenvalue weighted by atomic mass is 19.4. The SMILES string of the molecule is C=CC(=O)NCc1ccc(C(=O)N2CC(=O)N(C)c3cc(C(F)(F)F)ccc32)cc1. The molecule has 1 aliphatic rings. The van der Waals surface area contributed by atoms with Crippen LogP contribution in [0.15, 0.2) is 55.1 Å². The molecule has 2 aromatic carbocycles. The summed E-state index contributed by atoms with van der Waals surface area (Å²) in [5.41, 5.74) is 0.333. The molecule has 9 heteroatoms. The summed E-state index contributed by atoms with van der Waals surface area (Å²) >= 11 is 0. The molecule has 0 saturated carbocycles. The average Bonchev–Trinajstić information content (AvgIpc) is 2.73. The number of anilines is 2. The lowest BCUT2D eigenvalue weighted by atomic mass is 10.1. The van der Waals surface area contributed by atoms with Gasteiger partial charge in [-0.25, -0.2) is 0 Å². The fourth-order valence-corrected chi connectivity index (χ4v) is 3.02. The van der Waals surface area contributed by atoms with E-state index in [9.17, 15) is 27.6 Å². The molecular formula is C21H18F3N3O3. The Labute approximate surface area is 170 Å². The molecule has 0 saturated heterocycles. The number of carbonyl (C=O) groups is 3. The largest absolute Gasteiger partial charge is 0.416 e. The Morgan fingerprint density at radius 2 is 1.80 bits per heavy atom. The Kier molecular flexibility index (Phi) is 5.64. The molecule has 0 aliphatic carbocycles. The average molecular weight is 417 g/mol. The maximum absolute atomic E-state index is 13.1. The number of hydrogen-bond donors (Lipinski definition) is 1. The number of halogens is 3. The molecule has 3 amide bonds. The van der Waals surface area contributed by atoms with Crippen LogP contribution in [0.25, 0.3) is 0 Å². The van der Waals surface area contributed by atoms with Gasteiger partial charge in [0, 0.05) is 19.2 Å². The van der Waals surface area contributed by atoms with Crippen LogP contribution in [0, 0.1) is 0 Å². The van der Waals surface area contributed by atoms with Gasteiger partial charge in [-0.2, -0.15) is 13.2 Å². The van der Waals surface area contributed by atoms with Crippen LogP contribution in [0.3, 0.4) is 0 Å². The molecular weight excluding hydrogens is 399 g/mol. The number of carbonyl (C=O) groups excluding carboxylic acids is 3. The van der Waals surface area contributed by atoms with Crippen LogP contribution in [0.1, 0.15) is 21.5 Å². The molecule has 1 N–H and O–H groups in total. The number of nitrogens with zero attached hydrogens (tertiary/aromatic N) is 2. The number of nitrogens with one attached hydrogen (secondary N) is 1. The van der Waals surface area contributed by atoms with Crippen LogP contribution in [-0.2, 0) is 22.3 Å². The Balaban J connectivity index is 1.88. The third-order valence-corrected chi connectivity index (χ3v) is 4.72. The minimum absolute atomic E-state index is 0.0122. The Hall–Kier alpha value is -3.62. The summed E-state index contributed by atoms with van der Waals surface area (Å²) in [4.78, 5) is 38.8. The van der Waals surface area contributed by atoms with E-state index in [-0.39, 0.29) is 35.9 Å². The summed E-state index contributed by atoms with van der Waals surface area (Å²) in [5, 5.41) is 2.61. The van der Waals surface area contributed by atoms with Crippen molar-refractivity contribution in [1.82, 2.24) is 5.32 Å². The quantitative estimate of drug-likeness (QED) is 0.778. The van der Waals surface area contributed by atoms with E-state index in [2.05, 4.69) is 11.9 Å². The third kappa shape index (κ3) is 4.19. The zero-order valence-electron chi connectivity index (χ0n) is 16.0. The third-order valence-electron chi connectivity index (χ3n) is 4.72. The van der Waals surface area contributed by atoms with Crippen molar-refractivity contribution in [1.29, 1.82) is 0 Å². The first-order valence-electron chi connectivity index (χ1n) is 8.90. The first kappa shape index (κ1) is 21.1. The van der Waals surface area contributed by atoms with Gasteiger partial charge in [-0.3, -0.25) is 19.3 Å². The van der Waals surface area contributed by atoms with Gasteiger partial charge < -0.3 is 10.2 Å². The molecule has 0 spiro atoms. The summed E-state index contributed by atoms with van der Waals surface area (Å²) in [6.07, 6.45) is -3.42. The van der Waals surface area contributed by atoms with Crippen LogP contribution >= 0.6 is 0 Å². The smallest absolute Gasteiger partial charge is 0.348 e. The lowest BCUT2D eigenvalue weighted by molar-refractivity contribution is -0.137. The van der Waals surface area contributed by atoms with E-state index in [4.69, 9.17) is 0 Å². The monoisotopic (exact) mass is 417 g/mol. The summed E-state index contributed by atoms with van der Waals surface area (Å²) in [6.45, 7) is 3.31. The predicted molar refractivity (Wildman–Crippen MR) is 105 cm³/mol. The number of fused-ring (bicyclic) bond motifs is 1. The van der Waals surface area contributed by atoms with Gasteiger partial charge in [0.2, 0.25) is 11.8 Å². The molecule has 0 fully saturated rings. The first-order valence-corrected chi connectivity index (χ1v) is 8.90. The summed E-state index contributed by atoms with van der Waals surface area (Å²) in [5.74, 6) is -1.35. The molecule has 2 aromatic rings. The molecule has 0 bridgehead atoms. The van der Waals surface area contributed by atoms with Crippen molar-refractivity contribution < 1.29 is 27.6 Å². The molecule has 0 unspecified atom stereocenters. The van der Waals surface area contributed by atoms with Crippen molar-refractivity contribution in [2.24, 2.45) is 0 Å². The molecule has 0 atom stereocenters. The van der Waals surface area contributed by atoms with Crippen LogP contribution in [0.2, 0.25) is 0 Å².